The van der Waals surface area contributed by atoms with Crippen LogP contribution >= 0.6 is 0 Å². The second kappa shape index (κ2) is 9.72. The highest BCUT2D eigenvalue weighted by Crippen LogP contribution is 2.30. The molecule has 10 heteroatoms. The van der Waals surface area contributed by atoms with Crippen LogP contribution in [0, 0.1) is 0 Å². The van der Waals surface area contributed by atoms with Gasteiger partial charge in [-0.3, -0.25) is 9.59 Å². The molecule has 0 saturated carbocycles. The Hall–Kier alpha value is -3.11. The number of aliphatic hydroxyl groups is 1. The number of nitrogens with one attached hydrogen (secondary N) is 2. The molecule has 1 aliphatic rings. The van der Waals surface area contributed by atoms with Gasteiger partial charge in [-0.25, -0.2) is 4.79 Å². The molecule has 1 aromatic rings. The van der Waals surface area contributed by atoms with E-state index in [1.165, 1.54) is 26.2 Å². The van der Waals surface area contributed by atoms with Gasteiger partial charge < -0.3 is 34.9 Å². The molecular weight excluding hydrogens is 370 g/mol. The molecule has 28 heavy (non-hydrogen) atoms. The molecule has 0 unspecified atom stereocenters. The molecule has 10 nitrogen and oxygen atoms in total. The van der Waals surface area contributed by atoms with E-state index in [2.05, 4.69) is 10.6 Å². The van der Waals surface area contributed by atoms with Gasteiger partial charge in [0, 0.05) is 25.4 Å². The Labute approximate surface area is 162 Å². The fourth-order valence-corrected chi connectivity index (χ4v) is 2.68. The van der Waals surface area contributed by atoms with Crippen molar-refractivity contribution in [1.82, 2.24) is 4.90 Å². The summed E-state index contributed by atoms with van der Waals surface area (Å²) in [6.45, 7) is -0.195. The van der Waals surface area contributed by atoms with E-state index in [0.717, 1.165) is 0 Å². The zero-order chi connectivity index (χ0) is 20.7. The molecule has 1 heterocycles. The minimum absolute atomic E-state index is 0.0384. The van der Waals surface area contributed by atoms with Crippen LogP contribution < -0.4 is 15.4 Å². The first kappa shape index (κ1) is 21.2. The van der Waals surface area contributed by atoms with E-state index < -0.39 is 11.9 Å². The lowest BCUT2D eigenvalue weighted by Gasteiger charge is -2.16. The number of aliphatic hydroxyl groups excluding tert-OH is 1. The van der Waals surface area contributed by atoms with Crippen molar-refractivity contribution in [2.24, 2.45) is 0 Å². The molecule has 1 aliphatic heterocycles. The summed E-state index contributed by atoms with van der Waals surface area (Å²) in [4.78, 5) is 37.6. The average Bonchev–Trinajstić information content (AvgIpc) is 2.98. The number of anilines is 2. The molecule has 0 aliphatic carbocycles. The summed E-state index contributed by atoms with van der Waals surface area (Å²) in [6.07, 6.45) is 0. The number of rotatable bonds is 9. The van der Waals surface area contributed by atoms with Crippen molar-refractivity contribution in [2.75, 3.05) is 58.3 Å². The summed E-state index contributed by atoms with van der Waals surface area (Å²) in [7, 11) is 4.08. The van der Waals surface area contributed by atoms with E-state index in [0.29, 0.717) is 17.1 Å². The standard InChI is InChI=1S/C18H23N3O7/c1-26-10-15(23)20-13-5-4-11(8-14(13)27-2)19-16-12(18(25)28-3)9-21(6-7-22)17(16)24/h4-5,8,19,22H,6-7,9-10H2,1-3H3,(H,20,23). The van der Waals surface area contributed by atoms with Crippen molar-refractivity contribution in [3.8, 4) is 5.75 Å². The number of hydrogen-bond acceptors (Lipinski definition) is 8. The van der Waals surface area contributed by atoms with E-state index in [4.69, 9.17) is 19.3 Å². The number of methoxy groups -OCH3 is 3. The van der Waals surface area contributed by atoms with Gasteiger partial charge >= 0.3 is 5.97 Å². The fraction of sp³-hybridized carbons (Fsp3) is 0.389. The van der Waals surface area contributed by atoms with Gasteiger partial charge in [-0.05, 0) is 12.1 Å². The molecule has 2 amide bonds. The summed E-state index contributed by atoms with van der Waals surface area (Å²) in [6, 6.07) is 4.79. The zero-order valence-electron chi connectivity index (χ0n) is 15.9. The van der Waals surface area contributed by atoms with Crippen LogP contribution in [-0.4, -0.2) is 75.4 Å². The van der Waals surface area contributed by atoms with Crippen LogP contribution in [0.25, 0.3) is 0 Å². The third kappa shape index (κ3) is 4.78. The fourth-order valence-electron chi connectivity index (χ4n) is 2.68. The Bertz CT molecular complexity index is 791. The number of ether oxygens (including phenoxy) is 3. The SMILES string of the molecule is COCC(=O)Nc1ccc(NC2=C(C(=O)OC)CN(CCO)C2=O)cc1OC. The van der Waals surface area contributed by atoms with E-state index in [-0.39, 0.29) is 43.5 Å². The molecule has 0 atom stereocenters. The van der Waals surface area contributed by atoms with Crippen LogP contribution in [-0.2, 0) is 23.9 Å². The maximum absolute atomic E-state index is 12.6. The molecule has 0 fully saturated rings. The van der Waals surface area contributed by atoms with E-state index in [1.807, 2.05) is 0 Å². The van der Waals surface area contributed by atoms with E-state index in [1.54, 1.807) is 18.2 Å². The highest BCUT2D eigenvalue weighted by atomic mass is 16.5. The normalized spacial score (nSPS) is 13.6. The third-order valence-corrected chi connectivity index (χ3v) is 3.97. The van der Waals surface area contributed by atoms with Gasteiger partial charge in [0.1, 0.15) is 18.1 Å². The largest absolute Gasteiger partial charge is 0.494 e. The van der Waals surface area contributed by atoms with Gasteiger partial charge in [-0.15, -0.1) is 0 Å². The Balaban J connectivity index is 2.28. The predicted octanol–water partition coefficient (Wildman–Crippen LogP) is -0.0464. The average molecular weight is 393 g/mol. The smallest absolute Gasteiger partial charge is 0.337 e. The summed E-state index contributed by atoms with van der Waals surface area (Å²) in [5.41, 5.74) is 1.13. The lowest BCUT2D eigenvalue weighted by molar-refractivity contribution is -0.136. The van der Waals surface area contributed by atoms with Gasteiger partial charge in [0.05, 0.1) is 38.6 Å². The monoisotopic (exact) mass is 393 g/mol. The molecular formula is C18H23N3O7. The topological polar surface area (TPSA) is 126 Å². The highest BCUT2D eigenvalue weighted by Gasteiger charge is 2.34. The molecule has 1 aromatic carbocycles. The van der Waals surface area contributed by atoms with Gasteiger partial charge in [0.2, 0.25) is 5.91 Å². The number of amides is 2. The molecule has 0 saturated heterocycles. The Morgan fingerprint density at radius 2 is 2.00 bits per heavy atom. The van der Waals surface area contributed by atoms with Crippen molar-refractivity contribution in [3.63, 3.8) is 0 Å². The van der Waals surface area contributed by atoms with Crippen LogP contribution in [0.1, 0.15) is 0 Å². The Morgan fingerprint density at radius 3 is 2.61 bits per heavy atom. The first-order valence-corrected chi connectivity index (χ1v) is 8.40. The zero-order valence-corrected chi connectivity index (χ0v) is 15.9. The van der Waals surface area contributed by atoms with Crippen molar-refractivity contribution >= 4 is 29.2 Å². The van der Waals surface area contributed by atoms with Gasteiger partial charge in [-0.1, -0.05) is 0 Å². The van der Waals surface area contributed by atoms with Gasteiger partial charge in [-0.2, -0.15) is 0 Å². The number of hydrogen-bond donors (Lipinski definition) is 3. The van der Waals surface area contributed by atoms with Crippen LogP contribution in [0.4, 0.5) is 11.4 Å². The van der Waals surface area contributed by atoms with Crippen molar-refractivity contribution < 1.29 is 33.7 Å². The number of β-amino-alcohol motifs (C(OH)–C–C–N with tert-alkyl or cyclic N) is 1. The second-order valence-electron chi connectivity index (χ2n) is 5.82. The minimum Gasteiger partial charge on any atom is -0.494 e. The van der Waals surface area contributed by atoms with Crippen molar-refractivity contribution in [2.45, 2.75) is 0 Å². The van der Waals surface area contributed by atoms with Crippen LogP contribution in [0.2, 0.25) is 0 Å². The van der Waals surface area contributed by atoms with Crippen LogP contribution in [0.15, 0.2) is 29.5 Å². The minimum atomic E-state index is -0.633. The number of carbonyl (C=O) groups excluding carboxylic acids is 3. The van der Waals surface area contributed by atoms with Crippen molar-refractivity contribution in [1.29, 1.82) is 0 Å². The first-order valence-electron chi connectivity index (χ1n) is 8.40. The molecule has 3 N–H and O–H groups in total. The van der Waals surface area contributed by atoms with Crippen LogP contribution in [0.5, 0.6) is 5.75 Å². The first-order chi connectivity index (χ1) is 13.4. The number of benzene rings is 1. The molecule has 0 spiro atoms. The predicted molar refractivity (Wildman–Crippen MR) is 99.8 cm³/mol. The summed E-state index contributed by atoms with van der Waals surface area (Å²) >= 11 is 0. The molecule has 0 radical (unpaired) electrons. The van der Waals surface area contributed by atoms with Crippen LogP contribution in [0.3, 0.4) is 0 Å². The lowest BCUT2D eigenvalue weighted by Crippen LogP contribution is -2.31. The maximum Gasteiger partial charge on any atom is 0.337 e. The molecule has 0 aromatic heterocycles. The van der Waals surface area contributed by atoms with E-state index in [9.17, 15) is 14.4 Å². The number of esters is 1. The molecule has 0 bridgehead atoms. The lowest BCUT2D eigenvalue weighted by atomic mass is 10.2. The Morgan fingerprint density at radius 1 is 1.25 bits per heavy atom. The molecule has 152 valence electrons. The number of nitrogens with zero attached hydrogens (tertiary/aromatic N) is 1. The third-order valence-electron chi connectivity index (χ3n) is 3.97. The Kier molecular flexibility index (Phi) is 7.36. The van der Waals surface area contributed by atoms with Crippen molar-refractivity contribution in [3.05, 3.63) is 29.5 Å². The maximum atomic E-state index is 12.6. The van der Waals surface area contributed by atoms with Gasteiger partial charge in [0.25, 0.3) is 5.91 Å². The second-order valence-corrected chi connectivity index (χ2v) is 5.82. The summed E-state index contributed by atoms with van der Waals surface area (Å²) in [5.74, 6) is -1.05. The quantitative estimate of drug-likeness (QED) is 0.499. The summed E-state index contributed by atoms with van der Waals surface area (Å²) < 4.78 is 14.8. The number of carbonyl (C=O) groups is 3. The van der Waals surface area contributed by atoms with Gasteiger partial charge in [0.15, 0.2) is 0 Å². The molecule has 2 rings (SSSR count). The van der Waals surface area contributed by atoms with E-state index >= 15 is 0 Å². The summed E-state index contributed by atoms with van der Waals surface area (Å²) in [5, 5.41) is 14.7. The highest BCUT2D eigenvalue weighted by molar-refractivity contribution is 6.08.